The average molecular weight is 400 g/mol. The summed E-state index contributed by atoms with van der Waals surface area (Å²) < 4.78 is 5.36. The van der Waals surface area contributed by atoms with E-state index < -0.39 is 0 Å². The van der Waals surface area contributed by atoms with E-state index in [1.54, 1.807) is 24.8 Å². The minimum Gasteiger partial charge on any atom is -0.495 e. The summed E-state index contributed by atoms with van der Waals surface area (Å²) in [7, 11) is 1.60. The zero-order chi connectivity index (χ0) is 19.0. The molecule has 1 atom stereocenters. The third-order valence-electron chi connectivity index (χ3n) is 4.74. The number of carbonyl (C=O) groups excluding carboxylic acids is 1. The first kappa shape index (κ1) is 18.3. The van der Waals surface area contributed by atoms with Crippen LogP contribution in [0.1, 0.15) is 29.3 Å². The number of thioether (sulfide) groups is 1. The second-order valence-corrected chi connectivity index (χ2v) is 9.08. The monoisotopic (exact) mass is 399 g/mol. The minimum absolute atomic E-state index is 0.0671. The van der Waals surface area contributed by atoms with Crippen molar-refractivity contribution < 1.29 is 9.53 Å². The predicted octanol–water partition coefficient (Wildman–Crippen LogP) is 4.62. The number of amides is 1. The van der Waals surface area contributed by atoms with Gasteiger partial charge in [0.15, 0.2) is 0 Å². The maximum Gasteiger partial charge on any atom is 0.237 e. The maximum absolute atomic E-state index is 12.8. The van der Waals surface area contributed by atoms with Gasteiger partial charge in [-0.2, -0.15) is 0 Å². The molecule has 2 heterocycles. The fraction of sp³-hybridized carbons (Fsp3) is 0.350. The van der Waals surface area contributed by atoms with Crippen molar-refractivity contribution in [2.24, 2.45) is 0 Å². The molecule has 0 saturated heterocycles. The summed E-state index contributed by atoms with van der Waals surface area (Å²) in [6.07, 6.45) is 5.00. The van der Waals surface area contributed by atoms with Gasteiger partial charge in [-0.1, -0.05) is 17.8 Å². The maximum atomic E-state index is 12.8. The molecule has 0 spiro atoms. The van der Waals surface area contributed by atoms with Gasteiger partial charge in [0.1, 0.15) is 21.9 Å². The SMILES string of the molecule is COc1ccc(C)cc1NC(=O)C(C)Sc1ncnc2sc3c(c12)CCC3. The standard InChI is InChI=1S/C20H21N3O2S2/c1-11-7-8-15(25-3)14(9-11)23-18(24)12(2)26-19-17-13-5-4-6-16(13)27-20(17)22-10-21-19/h7-10,12H,4-6H2,1-3H3,(H,23,24). The van der Waals surface area contributed by atoms with Gasteiger partial charge in [-0.3, -0.25) is 4.79 Å². The number of nitrogens with zero attached hydrogens (tertiary/aromatic N) is 2. The van der Waals surface area contributed by atoms with Crippen LogP contribution >= 0.6 is 23.1 Å². The molecule has 1 unspecified atom stereocenters. The third kappa shape index (κ3) is 3.53. The number of aryl methyl sites for hydroxylation is 3. The van der Waals surface area contributed by atoms with Gasteiger partial charge in [-0.05, 0) is 56.4 Å². The number of ether oxygens (including phenoxy) is 1. The minimum atomic E-state index is -0.287. The highest BCUT2D eigenvalue weighted by Crippen LogP contribution is 2.41. The van der Waals surface area contributed by atoms with Crippen LogP contribution in [0.3, 0.4) is 0 Å². The molecular formula is C20H21N3O2S2. The molecule has 1 N–H and O–H groups in total. The fourth-order valence-electron chi connectivity index (χ4n) is 3.36. The van der Waals surface area contributed by atoms with E-state index >= 15 is 0 Å². The Morgan fingerprint density at radius 2 is 2.19 bits per heavy atom. The van der Waals surface area contributed by atoms with Gasteiger partial charge < -0.3 is 10.1 Å². The second-order valence-electron chi connectivity index (χ2n) is 6.67. The van der Waals surface area contributed by atoms with Crippen LogP contribution in [-0.2, 0) is 17.6 Å². The number of methoxy groups -OCH3 is 1. The van der Waals surface area contributed by atoms with Crippen molar-refractivity contribution in [2.45, 2.75) is 43.4 Å². The van der Waals surface area contributed by atoms with Crippen molar-refractivity contribution in [1.29, 1.82) is 0 Å². The predicted molar refractivity (Wildman–Crippen MR) is 111 cm³/mol. The summed E-state index contributed by atoms with van der Waals surface area (Å²) in [6.45, 7) is 3.89. The summed E-state index contributed by atoms with van der Waals surface area (Å²) in [6, 6.07) is 5.75. The Hall–Kier alpha value is -2.12. The molecule has 0 aliphatic heterocycles. The topological polar surface area (TPSA) is 64.1 Å². The zero-order valence-corrected chi connectivity index (χ0v) is 17.2. The van der Waals surface area contributed by atoms with Gasteiger partial charge in [-0.25, -0.2) is 9.97 Å². The Bertz CT molecular complexity index is 1020. The Labute approximate surface area is 166 Å². The lowest BCUT2D eigenvalue weighted by molar-refractivity contribution is -0.115. The van der Waals surface area contributed by atoms with E-state index in [1.165, 1.54) is 28.6 Å². The number of rotatable bonds is 5. The summed E-state index contributed by atoms with van der Waals surface area (Å²) in [5, 5.41) is 4.75. The van der Waals surface area contributed by atoms with Crippen molar-refractivity contribution in [3.8, 4) is 5.75 Å². The van der Waals surface area contributed by atoms with E-state index in [0.29, 0.717) is 11.4 Å². The molecule has 3 aromatic rings. The lowest BCUT2D eigenvalue weighted by Crippen LogP contribution is -2.23. The highest BCUT2D eigenvalue weighted by Gasteiger charge is 2.24. The first-order valence-electron chi connectivity index (χ1n) is 8.94. The number of aromatic nitrogens is 2. The molecule has 27 heavy (non-hydrogen) atoms. The Kier molecular flexibility index (Phi) is 5.06. The van der Waals surface area contributed by atoms with Crippen LogP contribution in [0.2, 0.25) is 0 Å². The molecule has 0 fully saturated rings. The van der Waals surface area contributed by atoms with E-state index in [2.05, 4.69) is 15.3 Å². The van der Waals surface area contributed by atoms with Gasteiger partial charge in [0, 0.05) is 10.3 Å². The lowest BCUT2D eigenvalue weighted by Gasteiger charge is -2.15. The summed E-state index contributed by atoms with van der Waals surface area (Å²) in [4.78, 5) is 24.2. The highest BCUT2D eigenvalue weighted by atomic mass is 32.2. The van der Waals surface area contributed by atoms with E-state index in [9.17, 15) is 4.79 Å². The Morgan fingerprint density at radius 3 is 3.00 bits per heavy atom. The molecule has 1 aliphatic rings. The average Bonchev–Trinajstić information content (AvgIpc) is 3.23. The van der Waals surface area contributed by atoms with Crippen LogP contribution in [0.4, 0.5) is 5.69 Å². The summed E-state index contributed by atoms with van der Waals surface area (Å²) in [5.74, 6) is 0.591. The molecule has 4 rings (SSSR count). The molecule has 140 valence electrons. The summed E-state index contributed by atoms with van der Waals surface area (Å²) >= 11 is 3.26. The molecule has 0 bridgehead atoms. The third-order valence-corrected chi connectivity index (χ3v) is 7.04. The first-order valence-corrected chi connectivity index (χ1v) is 10.6. The van der Waals surface area contributed by atoms with Crippen LogP contribution in [0.15, 0.2) is 29.6 Å². The van der Waals surface area contributed by atoms with E-state index in [-0.39, 0.29) is 11.2 Å². The number of fused-ring (bicyclic) bond motifs is 3. The van der Waals surface area contributed by atoms with Gasteiger partial charge in [0.05, 0.1) is 18.0 Å². The summed E-state index contributed by atoms with van der Waals surface area (Å²) in [5.41, 5.74) is 3.14. The first-order chi connectivity index (χ1) is 13.1. The largest absolute Gasteiger partial charge is 0.495 e. The lowest BCUT2D eigenvalue weighted by atomic mass is 10.2. The van der Waals surface area contributed by atoms with Gasteiger partial charge in [0.25, 0.3) is 0 Å². The molecule has 1 aliphatic carbocycles. The smallest absolute Gasteiger partial charge is 0.237 e. The molecule has 5 nitrogen and oxygen atoms in total. The number of hydrogen-bond acceptors (Lipinski definition) is 6. The number of anilines is 1. The number of thiophene rings is 1. The van der Waals surface area contributed by atoms with Crippen LogP contribution < -0.4 is 10.1 Å². The molecule has 2 aromatic heterocycles. The zero-order valence-electron chi connectivity index (χ0n) is 15.5. The van der Waals surface area contributed by atoms with Gasteiger partial charge in [-0.15, -0.1) is 11.3 Å². The molecule has 7 heteroatoms. The number of hydrogen-bond donors (Lipinski definition) is 1. The van der Waals surface area contributed by atoms with E-state index in [0.717, 1.165) is 33.6 Å². The van der Waals surface area contributed by atoms with E-state index in [4.69, 9.17) is 4.74 Å². The second kappa shape index (κ2) is 7.48. The highest BCUT2D eigenvalue weighted by molar-refractivity contribution is 8.00. The quantitative estimate of drug-likeness (QED) is 0.501. The van der Waals surface area contributed by atoms with Crippen LogP contribution in [0.25, 0.3) is 10.2 Å². The van der Waals surface area contributed by atoms with Crippen molar-refractivity contribution in [1.82, 2.24) is 9.97 Å². The molecule has 0 radical (unpaired) electrons. The number of carbonyl (C=O) groups is 1. The molecule has 1 amide bonds. The van der Waals surface area contributed by atoms with Crippen LogP contribution in [-0.4, -0.2) is 28.2 Å². The number of nitrogens with one attached hydrogen (secondary N) is 1. The van der Waals surface area contributed by atoms with Gasteiger partial charge in [0.2, 0.25) is 5.91 Å². The van der Waals surface area contributed by atoms with Crippen molar-refractivity contribution >= 4 is 44.9 Å². The Morgan fingerprint density at radius 1 is 1.33 bits per heavy atom. The van der Waals surface area contributed by atoms with Crippen molar-refractivity contribution in [3.05, 3.63) is 40.5 Å². The van der Waals surface area contributed by atoms with E-state index in [1.807, 2.05) is 32.0 Å². The molecular weight excluding hydrogens is 378 g/mol. The van der Waals surface area contributed by atoms with Crippen LogP contribution in [0.5, 0.6) is 5.75 Å². The van der Waals surface area contributed by atoms with Crippen molar-refractivity contribution in [2.75, 3.05) is 12.4 Å². The Balaban J connectivity index is 1.56. The van der Waals surface area contributed by atoms with Crippen molar-refractivity contribution in [3.63, 3.8) is 0 Å². The van der Waals surface area contributed by atoms with Crippen LogP contribution in [0, 0.1) is 6.92 Å². The molecule has 0 saturated carbocycles. The normalized spacial score (nSPS) is 14.2. The van der Waals surface area contributed by atoms with Gasteiger partial charge >= 0.3 is 0 Å². The molecule has 1 aromatic carbocycles. The fourth-order valence-corrected chi connectivity index (χ4v) is 5.60. The number of benzene rings is 1.